The fourth-order valence-corrected chi connectivity index (χ4v) is 5.15. The molecule has 7 heteroatoms. The van der Waals surface area contributed by atoms with Crippen LogP contribution in [0, 0.1) is 0 Å². The van der Waals surface area contributed by atoms with E-state index in [1.165, 1.54) is 23.3 Å². The molecule has 0 fully saturated rings. The highest BCUT2D eigenvalue weighted by atomic mass is 32.1. The summed E-state index contributed by atoms with van der Waals surface area (Å²) in [6.45, 7) is 6.16. The van der Waals surface area contributed by atoms with Crippen LogP contribution in [0.3, 0.4) is 0 Å². The van der Waals surface area contributed by atoms with E-state index in [0.29, 0.717) is 6.42 Å². The van der Waals surface area contributed by atoms with Crippen molar-refractivity contribution in [2.75, 3.05) is 5.32 Å². The van der Waals surface area contributed by atoms with Crippen LogP contribution in [-0.2, 0) is 13.0 Å². The topological polar surface area (TPSA) is 50.9 Å². The minimum absolute atomic E-state index is 0.498. The van der Waals surface area contributed by atoms with Crippen LogP contribution in [0.15, 0.2) is 24.1 Å². The van der Waals surface area contributed by atoms with Gasteiger partial charge >= 0.3 is 0 Å². The first-order valence-corrected chi connectivity index (χ1v) is 9.76. The molecular formula is C16H18FN3S3. The maximum absolute atomic E-state index is 13.4. The Balaban J connectivity index is 1.86. The van der Waals surface area contributed by atoms with Crippen molar-refractivity contribution < 1.29 is 4.39 Å². The van der Waals surface area contributed by atoms with Crippen LogP contribution in [0.1, 0.15) is 22.2 Å². The molecule has 0 bridgehead atoms. The third-order valence-electron chi connectivity index (χ3n) is 3.65. The van der Waals surface area contributed by atoms with Gasteiger partial charge in [-0.15, -0.1) is 22.7 Å². The molecule has 0 amide bonds. The Hall–Kier alpha value is -1.28. The first kappa shape index (κ1) is 16.6. The summed E-state index contributed by atoms with van der Waals surface area (Å²) in [4.78, 5) is 2.34. The third-order valence-corrected chi connectivity index (χ3v) is 6.69. The van der Waals surface area contributed by atoms with E-state index in [2.05, 4.69) is 27.7 Å². The molecule has 0 unspecified atom stereocenters. The van der Waals surface area contributed by atoms with Crippen molar-refractivity contribution in [3.05, 3.63) is 39.4 Å². The lowest BCUT2D eigenvalue weighted by Gasteiger charge is -2.11. The summed E-state index contributed by atoms with van der Waals surface area (Å²) in [6.07, 6.45) is 1.28. The van der Waals surface area contributed by atoms with E-state index in [0.717, 1.165) is 32.2 Å². The Kier molecular flexibility index (Phi) is 5.11. The lowest BCUT2D eigenvalue weighted by molar-refractivity contribution is 0.305. The number of aromatic nitrogens is 1. The lowest BCUT2D eigenvalue weighted by Crippen LogP contribution is -2.31. The van der Waals surface area contributed by atoms with Crippen molar-refractivity contribution in [3.8, 4) is 0 Å². The number of alkyl halides is 1. The molecule has 3 aromatic rings. The Morgan fingerprint density at radius 1 is 1.52 bits per heavy atom. The molecular weight excluding hydrogens is 349 g/mol. The molecule has 0 radical (unpaired) electrons. The van der Waals surface area contributed by atoms with Gasteiger partial charge in [-0.25, -0.2) is 4.39 Å². The van der Waals surface area contributed by atoms with Gasteiger partial charge < -0.3 is 11.1 Å². The summed E-state index contributed by atoms with van der Waals surface area (Å²) >= 11 is 4.82. The zero-order valence-electron chi connectivity index (χ0n) is 12.7. The number of thiophene rings is 2. The fourth-order valence-electron chi connectivity index (χ4n) is 2.29. The van der Waals surface area contributed by atoms with Gasteiger partial charge in [0.2, 0.25) is 0 Å². The largest absolute Gasteiger partial charge is 0.370 e. The van der Waals surface area contributed by atoms with E-state index in [1.54, 1.807) is 28.7 Å². The van der Waals surface area contributed by atoms with Crippen LogP contribution >= 0.6 is 34.2 Å². The highest BCUT2D eigenvalue weighted by Gasteiger charge is 2.20. The van der Waals surface area contributed by atoms with Gasteiger partial charge in [-0.3, -0.25) is 0 Å². The third kappa shape index (κ3) is 3.47. The second-order valence-corrected chi connectivity index (χ2v) is 8.22. The van der Waals surface area contributed by atoms with Crippen LogP contribution in [0.25, 0.3) is 16.3 Å². The quantitative estimate of drug-likeness (QED) is 0.624. The van der Waals surface area contributed by atoms with Crippen molar-refractivity contribution in [2.24, 2.45) is 5.73 Å². The molecule has 23 heavy (non-hydrogen) atoms. The lowest BCUT2D eigenvalue weighted by atomic mass is 10.1. The summed E-state index contributed by atoms with van der Waals surface area (Å²) < 4.78 is 19.0. The molecule has 0 aliphatic carbocycles. The maximum atomic E-state index is 13.4. The molecule has 3 rings (SSSR count). The maximum Gasteiger partial charge on any atom is 0.127 e. The number of nitrogens with two attached hydrogens (primary N) is 1. The van der Waals surface area contributed by atoms with Crippen LogP contribution in [0.2, 0.25) is 0 Å². The van der Waals surface area contributed by atoms with E-state index in [1.807, 2.05) is 6.07 Å². The van der Waals surface area contributed by atoms with Crippen molar-refractivity contribution >= 4 is 55.5 Å². The van der Waals surface area contributed by atoms with Gasteiger partial charge in [-0.05, 0) is 29.9 Å². The summed E-state index contributed by atoms with van der Waals surface area (Å²) in [7, 11) is 0. The minimum Gasteiger partial charge on any atom is -0.370 e. The molecule has 0 saturated carbocycles. The van der Waals surface area contributed by atoms with Gasteiger partial charge in [-0.1, -0.05) is 18.7 Å². The molecule has 0 saturated heterocycles. The van der Waals surface area contributed by atoms with Crippen LogP contribution in [0.4, 0.5) is 9.39 Å². The monoisotopic (exact) mass is 367 g/mol. The number of hydrogen-bond donors (Lipinski definition) is 2. The highest BCUT2D eigenvalue weighted by molar-refractivity contribution is 7.24. The molecule has 0 spiro atoms. The normalized spacial score (nSPS) is 14.0. The number of fused-ring (bicyclic) bond motifs is 1. The summed E-state index contributed by atoms with van der Waals surface area (Å²) in [5.41, 5.74) is 7.82. The zero-order valence-corrected chi connectivity index (χ0v) is 15.2. The summed E-state index contributed by atoms with van der Waals surface area (Å²) in [5, 5.41) is 6.57. The second-order valence-electron chi connectivity index (χ2n) is 5.31. The van der Waals surface area contributed by atoms with Crippen molar-refractivity contribution in [1.29, 1.82) is 0 Å². The minimum atomic E-state index is -1.03. The Labute approximate surface area is 146 Å². The van der Waals surface area contributed by atoms with Crippen LogP contribution in [0.5, 0.6) is 0 Å². The number of halogens is 1. The van der Waals surface area contributed by atoms with Crippen molar-refractivity contribution in [2.45, 2.75) is 32.1 Å². The van der Waals surface area contributed by atoms with Gasteiger partial charge in [-0.2, -0.15) is 4.37 Å². The number of nitrogens with zero attached hydrogens (tertiary/aromatic N) is 1. The van der Waals surface area contributed by atoms with Crippen molar-refractivity contribution in [3.63, 3.8) is 0 Å². The summed E-state index contributed by atoms with van der Waals surface area (Å²) in [5.74, 6) is 0. The van der Waals surface area contributed by atoms with Gasteiger partial charge in [0, 0.05) is 27.8 Å². The van der Waals surface area contributed by atoms with E-state index >= 15 is 0 Å². The molecule has 0 aliphatic rings. The first-order valence-electron chi connectivity index (χ1n) is 7.29. The summed E-state index contributed by atoms with van der Waals surface area (Å²) in [6, 6.07) is 3.65. The highest BCUT2D eigenvalue weighted by Crippen LogP contribution is 2.40. The number of hydrogen-bond acceptors (Lipinski definition) is 6. The molecule has 0 aromatic carbocycles. The van der Waals surface area contributed by atoms with Gasteiger partial charge in [0.25, 0.3) is 0 Å². The molecule has 3 nitrogen and oxygen atoms in total. The molecule has 3 aromatic heterocycles. The second kappa shape index (κ2) is 7.09. The fraction of sp³-hybridized carbons (Fsp3) is 0.312. The first-order chi connectivity index (χ1) is 11.1. The van der Waals surface area contributed by atoms with Crippen LogP contribution in [-0.4, -0.2) is 16.6 Å². The van der Waals surface area contributed by atoms with E-state index in [-0.39, 0.29) is 0 Å². The number of rotatable bonds is 7. The molecule has 0 aliphatic heterocycles. The molecule has 3 heterocycles. The predicted octanol–water partition coefficient (Wildman–Crippen LogP) is 4.90. The van der Waals surface area contributed by atoms with E-state index in [4.69, 9.17) is 5.73 Å². The molecule has 122 valence electrons. The Bertz CT molecular complexity index is 789. The molecule has 2 atom stereocenters. The van der Waals surface area contributed by atoms with Gasteiger partial charge in [0.1, 0.15) is 16.7 Å². The standard InChI is InChI=1S/C16H18FN3S3/c1-3-11-13(7-12(18)9(2)17)22-15-14(11)20-23-16(15)19-8-10-5-4-6-21-10/h3-6,9,12,19H,1,7-8,18H2,2H3/t9-,12+/m0/s1. The Morgan fingerprint density at radius 3 is 3.00 bits per heavy atom. The van der Waals surface area contributed by atoms with Crippen LogP contribution < -0.4 is 11.1 Å². The van der Waals surface area contributed by atoms with Gasteiger partial charge in [0.15, 0.2) is 0 Å². The molecule has 3 N–H and O–H groups in total. The van der Waals surface area contributed by atoms with Crippen molar-refractivity contribution in [1.82, 2.24) is 4.37 Å². The average molecular weight is 368 g/mol. The predicted molar refractivity (Wildman–Crippen MR) is 101 cm³/mol. The SMILES string of the molecule is C=Cc1c(C[C@@H](N)[C@H](C)F)sc2c(NCc3cccs3)snc12. The van der Waals surface area contributed by atoms with Gasteiger partial charge in [0.05, 0.1) is 11.2 Å². The van der Waals surface area contributed by atoms with E-state index < -0.39 is 12.2 Å². The van der Waals surface area contributed by atoms with E-state index in [9.17, 15) is 4.39 Å². The number of anilines is 1. The Morgan fingerprint density at radius 2 is 2.35 bits per heavy atom. The number of nitrogens with one attached hydrogen (secondary N) is 1. The zero-order chi connectivity index (χ0) is 16.4. The smallest absolute Gasteiger partial charge is 0.127 e. The average Bonchev–Trinajstić information content (AvgIpc) is 3.21.